The summed E-state index contributed by atoms with van der Waals surface area (Å²) in [5.41, 5.74) is 0. The molecule has 0 aliphatic carbocycles. The lowest BCUT2D eigenvalue weighted by molar-refractivity contribution is -0.161. The molecular formula is C66H121O11P. The van der Waals surface area contributed by atoms with Crippen LogP contribution in [0.15, 0.2) is 48.6 Å². The van der Waals surface area contributed by atoms with E-state index in [1.54, 1.807) is 0 Å². The van der Waals surface area contributed by atoms with E-state index in [-0.39, 0.29) is 25.9 Å². The van der Waals surface area contributed by atoms with Crippen LogP contribution in [0.2, 0.25) is 0 Å². The topological polar surface area (TPSA) is 155 Å². The van der Waals surface area contributed by atoms with E-state index >= 15 is 0 Å². The van der Waals surface area contributed by atoms with Crippen LogP contribution in [0.3, 0.4) is 0 Å². The highest BCUT2D eigenvalue weighted by molar-refractivity contribution is 7.47. The van der Waals surface area contributed by atoms with Gasteiger partial charge in [0.1, 0.15) is 12.7 Å². The molecule has 0 aromatic rings. The molecule has 0 saturated heterocycles. The summed E-state index contributed by atoms with van der Waals surface area (Å²) in [4.78, 5) is 48.7. The zero-order valence-electron chi connectivity index (χ0n) is 50.6. The smallest absolute Gasteiger partial charge is 0.462 e. The highest BCUT2D eigenvalue weighted by atomic mass is 31.2. The van der Waals surface area contributed by atoms with Gasteiger partial charge in [0.15, 0.2) is 6.10 Å². The second-order valence-corrected chi connectivity index (χ2v) is 23.4. The molecule has 0 saturated carbocycles. The van der Waals surface area contributed by atoms with Gasteiger partial charge >= 0.3 is 25.7 Å². The van der Waals surface area contributed by atoms with Crippen molar-refractivity contribution in [3.8, 4) is 0 Å². The number of allylic oxidation sites excluding steroid dienone is 8. The Bertz CT molecular complexity index is 1490. The van der Waals surface area contributed by atoms with Crippen molar-refractivity contribution in [1.29, 1.82) is 0 Å². The number of aliphatic hydroxyl groups excluding tert-OH is 1. The second-order valence-electron chi connectivity index (χ2n) is 21.9. The number of ether oxygens (including phenoxy) is 3. The van der Waals surface area contributed by atoms with E-state index in [1.165, 1.54) is 161 Å². The Kier molecular flexibility index (Phi) is 58.5. The molecule has 2 N–H and O–H groups in total. The van der Waals surface area contributed by atoms with E-state index in [2.05, 4.69) is 69.4 Å². The highest BCUT2D eigenvalue weighted by Gasteiger charge is 2.28. The molecule has 12 heteroatoms. The average Bonchev–Trinajstić information content (AvgIpc) is 3.43. The van der Waals surface area contributed by atoms with Crippen LogP contribution in [0.1, 0.15) is 316 Å². The molecule has 11 nitrogen and oxygen atoms in total. The number of phosphoric acid groups is 1. The Morgan fingerprint density at radius 1 is 0.359 bits per heavy atom. The number of esters is 3. The van der Waals surface area contributed by atoms with Gasteiger partial charge in [-0.25, -0.2) is 4.57 Å². The van der Waals surface area contributed by atoms with Crippen molar-refractivity contribution in [2.45, 2.75) is 328 Å². The molecule has 0 rings (SSSR count). The predicted octanol–water partition coefficient (Wildman–Crippen LogP) is 19.7. The number of hydrogen-bond donors (Lipinski definition) is 2. The third-order valence-corrected chi connectivity index (χ3v) is 15.2. The molecular weight excluding hydrogens is 1000 g/mol. The summed E-state index contributed by atoms with van der Waals surface area (Å²) >= 11 is 0. The van der Waals surface area contributed by atoms with E-state index in [1.807, 2.05) is 0 Å². The van der Waals surface area contributed by atoms with Crippen molar-refractivity contribution >= 4 is 25.7 Å². The third-order valence-electron chi connectivity index (χ3n) is 14.2. The molecule has 3 unspecified atom stereocenters. The highest BCUT2D eigenvalue weighted by Crippen LogP contribution is 2.43. The standard InChI is InChI=1S/C66H121O11P/c1-4-7-10-13-16-19-22-25-28-30-31-33-36-39-42-45-48-51-54-57-66(70)77-63(59-73-64(68)55-52-49-46-43-40-37-34-27-24-21-18-15-12-9-6-3)61-75-78(71,72)74-60-62(58-67)76-65(69)56-53-50-47-44-41-38-35-32-29-26-23-20-17-14-11-8-5-2/h16,19,25-26,28-29,31,33,62-63,67H,4-15,17-18,20-24,27,30,32,34-61H2,1-3H3,(H,71,72)/b19-16-,28-25-,29-26-,33-31-. The molecule has 0 bridgehead atoms. The van der Waals surface area contributed by atoms with Crippen LogP contribution < -0.4 is 0 Å². The maximum atomic E-state index is 13.0. The van der Waals surface area contributed by atoms with Crippen molar-refractivity contribution in [2.75, 3.05) is 26.4 Å². The van der Waals surface area contributed by atoms with Crippen molar-refractivity contribution in [3.63, 3.8) is 0 Å². The summed E-state index contributed by atoms with van der Waals surface area (Å²) in [5, 5.41) is 9.85. The Labute approximate surface area is 479 Å². The van der Waals surface area contributed by atoms with Crippen molar-refractivity contribution < 1.29 is 52.2 Å². The average molecular weight is 1120 g/mol. The van der Waals surface area contributed by atoms with Gasteiger partial charge < -0.3 is 24.2 Å². The SMILES string of the molecule is CCCCC/C=C\C/C=C\C/C=C\CCCCCCCCC(=O)OC(COC(=O)CCCCCCCCCCCCCCCCC)COP(=O)(O)OCC(CO)OC(=O)CCCCCCCCC/C=C\CCCCCCCC. The maximum absolute atomic E-state index is 13.0. The zero-order chi connectivity index (χ0) is 56.9. The van der Waals surface area contributed by atoms with Gasteiger partial charge in [-0.05, 0) is 83.5 Å². The number of rotatable bonds is 61. The van der Waals surface area contributed by atoms with Gasteiger partial charge in [0.05, 0.1) is 19.8 Å². The summed E-state index contributed by atoms with van der Waals surface area (Å²) in [6.07, 6.45) is 66.2. The minimum absolute atomic E-state index is 0.156. The van der Waals surface area contributed by atoms with E-state index in [4.69, 9.17) is 23.3 Å². The largest absolute Gasteiger partial charge is 0.472 e. The first-order valence-corrected chi connectivity index (χ1v) is 34.0. The Balaban J connectivity index is 4.69. The minimum Gasteiger partial charge on any atom is -0.462 e. The normalized spacial score (nSPS) is 13.6. The molecule has 0 amide bonds. The molecule has 0 radical (unpaired) electrons. The molecule has 0 heterocycles. The van der Waals surface area contributed by atoms with E-state index < -0.39 is 57.8 Å². The molecule has 0 aliphatic heterocycles. The van der Waals surface area contributed by atoms with Gasteiger partial charge in [-0.3, -0.25) is 23.4 Å². The van der Waals surface area contributed by atoms with E-state index in [0.717, 1.165) is 96.3 Å². The summed E-state index contributed by atoms with van der Waals surface area (Å²) < 4.78 is 39.7. The van der Waals surface area contributed by atoms with Crippen LogP contribution in [0.25, 0.3) is 0 Å². The Hall–Kier alpha value is -2.56. The maximum Gasteiger partial charge on any atom is 0.472 e. The van der Waals surface area contributed by atoms with Crippen molar-refractivity contribution in [1.82, 2.24) is 0 Å². The lowest BCUT2D eigenvalue weighted by atomic mass is 10.0. The van der Waals surface area contributed by atoms with Gasteiger partial charge in [0.2, 0.25) is 0 Å². The fourth-order valence-electron chi connectivity index (χ4n) is 9.24. The fourth-order valence-corrected chi connectivity index (χ4v) is 10.0. The molecule has 3 atom stereocenters. The summed E-state index contributed by atoms with van der Waals surface area (Å²) in [6.45, 7) is 4.66. The molecule has 0 spiro atoms. The molecule has 0 fully saturated rings. The summed E-state index contributed by atoms with van der Waals surface area (Å²) in [7, 11) is -4.75. The van der Waals surface area contributed by atoms with Gasteiger partial charge in [-0.2, -0.15) is 0 Å². The minimum atomic E-state index is -4.75. The molecule has 0 aromatic carbocycles. The summed E-state index contributed by atoms with van der Waals surface area (Å²) in [5.74, 6) is -1.46. The Morgan fingerprint density at radius 2 is 0.628 bits per heavy atom. The lowest BCUT2D eigenvalue weighted by Crippen LogP contribution is -2.30. The van der Waals surface area contributed by atoms with Crippen LogP contribution in [0.5, 0.6) is 0 Å². The number of aliphatic hydroxyl groups is 1. The first-order valence-electron chi connectivity index (χ1n) is 32.5. The van der Waals surface area contributed by atoms with Gasteiger partial charge in [0, 0.05) is 19.3 Å². The second kappa shape index (κ2) is 60.5. The van der Waals surface area contributed by atoms with Crippen molar-refractivity contribution in [2.24, 2.45) is 0 Å². The van der Waals surface area contributed by atoms with Crippen LogP contribution in [0.4, 0.5) is 0 Å². The number of carbonyl (C=O) groups is 3. The van der Waals surface area contributed by atoms with Gasteiger partial charge in [-0.1, -0.05) is 262 Å². The van der Waals surface area contributed by atoms with Gasteiger partial charge in [-0.15, -0.1) is 0 Å². The first-order chi connectivity index (χ1) is 38.2. The van der Waals surface area contributed by atoms with Crippen molar-refractivity contribution in [3.05, 3.63) is 48.6 Å². The number of unbranched alkanes of at least 4 members (excludes halogenated alkanes) is 36. The fraction of sp³-hybridized carbons (Fsp3) is 0.833. The van der Waals surface area contributed by atoms with Gasteiger partial charge in [0.25, 0.3) is 0 Å². The molecule has 456 valence electrons. The van der Waals surface area contributed by atoms with Crippen LogP contribution in [0, 0.1) is 0 Å². The number of hydrogen-bond acceptors (Lipinski definition) is 10. The quantitative estimate of drug-likeness (QED) is 0.0197. The number of phosphoric ester groups is 1. The third kappa shape index (κ3) is 58.1. The first kappa shape index (κ1) is 75.4. The molecule has 0 aromatic heterocycles. The molecule has 78 heavy (non-hydrogen) atoms. The molecule has 0 aliphatic rings. The Morgan fingerprint density at radius 3 is 1.00 bits per heavy atom. The van der Waals surface area contributed by atoms with E-state index in [9.17, 15) is 28.9 Å². The monoisotopic (exact) mass is 1120 g/mol. The lowest BCUT2D eigenvalue weighted by Gasteiger charge is -2.21. The van der Waals surface area contributed by atoms with E-state index in [0.29, 0.717) is 19.3 Å². The number of carbonyl (C=O) groups excluding carboxylic acids is 3. The van der Waals surface area contributed by atoms with Crippen LogP contribution in [-0.4, -0.2) is 66.5 Å². The van der Waals surface area contributed by atoms with Crippen LogP contribution >= 0.6 is 7.82 Å². The predicted molar refractivity (Wildman–Crippen MR) is 325 cm³/mol. The zero-order valence-corrected chi connectivity index (χ0v) is 51.5. The summed E-state index contributed by atoms with van der Waals surface area (Å²) in [6, 6.07) is 0. The van der Waals surface area contributed by atoms with Crippen LogP contribution in [-0.2, 0) is 42.2 Å².